The third-order valence-corrected chi connectivity index (χ3v) is 2.69. The van der Waals surface area contributed by atoms with Crippen LogP contribution in [0.3, 0.4) is 0 Å². The van der Waals surface area contributed by atoms with Gasteiger partial charge in [-0.15, -0.1) is 0 Å². The summed E-state index contributed by atoms with van der Waals surface area (Å²) >= 11 is 0. The van der Waals surface area contributed by atoms with Gasteiger partial charge in [0.15, 0.2) is 5.82 Å². The SMILES string of the molecule is Fc1ccc(F)c(-c2nc3c(F)cc(F)cc3[nH]2)c1. The Labute approximate surface area is 104 Å². The minimum absolute atomic E-state index is 0.0588. The van der Waals surface area contributed by atoms with Crippen molar-refractivity contribution in [2.24, 2.45) is 0 Å². The van der Waals surface area contributed by atoms with Crippen molar-refractivity contribution in [2.75, 3.05) is 0 Å². The van der Waals surface area contributed by atoms with E-state index < -0.39 is 23.3 Å². The van der Waals surface area contributed by atoms with Crippen molar-refractivity contribution in [1.82, 2.24) is 9.97 Å². The van der Waals surface area contributed by atoms with E-state index >= 15 is 0 Å². The van der Waals surface area contributed by atoms with Crippen LogP contribution in [0.4, 0.5) is 17.6 Å². The smallest absolute Gasteiger partial charge is 0.153 e. The van der Waals surface area contributed by atoms with Gasteiger partial charge in [-0.25, -0.2) is 22.5 Å². The fourth-order valence-electron chi connectivity index (χ4n) is 1.85. The Balaban J connectivity index is 2.26. The predicted molar refractivity (Wildman–Crippen MR) is 61.4 cm³/mol. The predicted octanol–water partition coefficient (Wildman–Crippen LogP) is 3.79. The van der Waals surface area contributed by atoms with Gasteiger partial charge in [0.2, 0.25) is 0 Å². The van der Waals surface area contributed by atoms with Crippen LogP contribution in [0.15, 0.2) is 30.3 Å². The first-order chi connectivity index (χ1) is 9.04. The maximum atomic E-state index is 13.6. The maximum absolute atomic E-state index is 13.6. The molecular weight excluding hydrogens is 260 g/mol. The second-order valence-corrected chi connectivity index (χ2v) is 3.99. The highest BCUT2D eigenvalue weighted by Crippen LogP contribution is 2.25. The molecule has 3 aromatic rings. The quantitative estimate of drug-likeness (QED) is 0.667. The molecule has 19 heavy (non-hydrogen) atoms. The van der Waals surface area contributed by atoms with Crippen molar-refractivity contribution in [3.63, 3.8) is 0 Å². The van der Waals surface area contributed by atoms with E-state index in [4.69, 9.17) is 0 Å². The molecule has 1 heterocycles. The van der Waals surface area contributed by atoms with Gasteiger partial charge in [0.25, 0.3) is 0 Å². The van der Waals surface area contributed by atoms with Crippen LogP contribution < -0.4 is 0 Å². The maximum Gasteiger partial charge on any atom is 0.153 e. The molecule has 0 bridgehead atoms. The molecule has 2 aromatic carbocycles. The van der Waals surface area contributed by atoms with Crippen molar-refractivity contribution >= 4 is 11.0 Å². The van der Waals surface area contributed by atoms with Gasteiger partial charge in [-0.05, 0) is 24.3 Å². The zero-order valence-electron chi connectivity index (χ0n) is 9.35. The average molecular weight is 266 g/mol. The number of rotatable bonds is 1. The van der Waals surface area contributed by atoms with Crippen LogP contribution in [-0.4, -0.2) is 9.97 Å². The molecule has 0 amide bonds. The van der Waals surface area contributed by atoms with Crippen LogP contribution in [0.1, 0.15) is 0 Å². The number of imidazole rings is 1. The summed E-state index contributed by atoms with van der Waals surface area (Å²) in [5, 5.41) is 0. The fraction of sp³-hybridized carbons (Fsp3) is 0. The highest BCUT2D eigenvalue weighted by molar-refractivity contribution is 5.80. The number of hydrogen-bond donors (Lipinski definition) is 1. The van der Waals surface area contributed by atoms with Gasteiger partial charge in [0, 0.05) is 6.07 Å². The lowest BCUT2D eigenvalue weighted by atomic mass is 10.2. The Hall–Kier alpha value is -2.37. The van der Waals surface area contributed by atoms with Crippen LogP contribution in [0.25, 0.3) is 22.4 Å². The number of H-pyrrole nitrogens is 1. The van der Waals surface area contributed by atoms with Crippen molar-refractivity contribution in [1.29, 1.82) is 0 Å². The molecule has 0 aliphatic carbocycles. The molecule has 6 heteroatoms. The molecular formula is C13H6F4N2. The van der Waals surface area contributed by atoms with E-state index in [0.29, 0.717) is 6.07 Å². The van der Waals surface area contributed by atoms with Crippen molar-refractivity contribution < 1.29 is 17.6 Å². The summed E-state index contributed by atoms with van der Waals surface area (Å²) in [5.74, 6) is -3.06. The largest absolute Gasteiger partial charge is 0.338 e. The topological polar surface area (TPSA) is 28.7 Å². The lowest BCUT2D eigenvalue weighted by molar-refractivity contribution is 0.590. The normalized spacial score (nSPS) is 11.2. The molecule has 0 saturated carbocycles. The standard InChI is InChI=1S/C13H6F4N2/c14-6-1-2-9(16)8(3-6)13-18-11-5-7(15)4-10(17)12(11)19-13/h1-5H,(H,18,19). The highest BCUT2D eigenvalue weighted by Gasteiger charge is 2.14. The molecule has 2 nitrogen and oxygen atoms in total. The van der Waals surface area contributed by atoms with Gasteiger partial charge in [0.1, 0.15) is 28.8 Å². The van der Waals surface area contributed by atoms with Crippen LogP contribution in [0.5, 0.6) is 0 Å². The number of nitrogens with one attached hydrogen (secondary N) is 1. The van der Waals surface area contributed by atoms with Gasteiger partial charge < -0.3 is 4.98 Å². The number of fused-ring (bicyclic) bond motifs is 1. The zero-order valence-corrected chi connectivity index (χ0v) is 9.35. The fourth-order valence-corrected chi connectivity index (χ4v) is 1.85. The number of nitrogens with zero attached hydrogens (tertiary/aromatic N) is 1. The van der Waals surface area contributed by atoms with Gasteiger partial charge in [-0.1, -0.05) is 0 Å². The number of benzene rings is 2. The molecule has 1 aromatic heterocycles. The second kappa shape index (κ2) is 4.08. The van der Waals surface area contributed by atoms with E-state index in [-0.39, 0.29) is 22.4 Å². The van der Waals surface area contributed by atoms with Gasteiger partial charge in [-0.2, -0.15) is 0 Å². The number of hydrogen-bond acceptors (Lipinski definition) is 1. The van der Waals surface area contributed by atoms with E-state index in [1.165, 1.54) is 0 Å². The van der Waals surface area contributed by atoms with Crippen molar-refractivity contribution in [2.45, 2.75) is 0 Å². The summed E-state index contributed by atoms with van der Waals surface area (Å²) < 4.78 is 53.2. The minimum Gasteiger partial charge on any atom is -0.338 e. The molecule has 1 N–H and O–H groups in total. The van der Waals surface area contributed by atoms with E-state index in [2.05, 4.69) is 9.97 Å². The van der Waals surface area contributed by atoms with E-state index in [1.54, 1.807) is 0 Å². The number of aromatic nitrogens is 2. The third-order valence-electron chi connectivity index (χ3n) is 2.69. The molecule has 0 radical (unpaired) electrons. The lowest BCUT2D eigenvalue weighted by Crippen LogP contribution is -1.88. The van der Waals surface area contributed by atoms with Gasteiger partial charge >= 0.3 is 0 Å². The van der Waals surface area contributed by atoms with Crippen molar-refractivity contribution in [3.05, 3.63) is 53.6 Å². The minimum atomic E-state index is -0.866. The lowest BCUT2D eigenvalue weighted by Gasteiger charge is -1.98. The van der Waals surface area contributed by atoms with E-state index in [1.807, 2.05) is 0 Å². The first-order valence-corrected chi connectivity index (χ1v) is 5.35. The first kappa shape index (κ1) is 11.7. The van der Waals surface area contributed by atoms with E-state index in [9.17, 15) is 17.6 Å². The number of aromatic amines is 1. The molecule has 0 aliphatic heterocycles. The Morgan fingerprint density at radius 1 is 0.842 bits per heavy atom. The summed E-state index contributed by atoms with van der Waals surface area (Å²) in [4.78, 5) is 6.39. The molecule has 0 atom stereocenters. The summed E-state index contributed by atoms with van der Waals surface area (Å²) in [6, 6.07) is 4.54. The Kier molecular flexibility index (Phi) is 2.51. The molecule has 3 rings (SSSR count). The monoisotopic (exact) mass is 266 g/mol. The molecule has 0 saturated heterocycles. The third kappa shape index (κ3) is 1.95. The molecule has 0 spiro atoms. The van der Waals surface area contributed by atoms with Gasteiger partial charge in [0.05, 0.1) is 11.1 Å². The average Bonchev–Trinajstić information content (AvgIpc) is 2.76. The molecule has 96 valence electrons. The van der Waals surface area contributed by atoms with E-state index in [0.717, 1.165) is 24.3 Å². The second-order valence-electron chi connectivity index (χ2n) is 3.99. The molecule has 0 fully saturated rings. The van der Waals surface area contributed by atoms with Gasteiger partial charge in [-0.3, -0.25) is 0 Å². The van der Waals surface area contributed by atoms with Crippen LogP contribution in [0.2, 0.25) is 0 Å². The molecule has 0 unspecified atom stereocenters. The van der Waals surface area contributed by atoms with Crippen LogP contribution in [0, 0.1) is 23.3 Å². The van der Waals surface area contributed by atoms with Crippen molar-refractivity contribution in [3.8, 4) is 11.4 Å². The zero-order chi connectivity index (χ0) is 13.6. The summed E-state index contributed by atoms with van der Waals surface area (Å²) in [5.41, 5.74) is -0.188. The Morgan fingerprint density at radius 3 is 2.42 bits per heavy atom. The first-order valence-electron chi connectivity index (χ1n) is 5.35. The summed E-state index contributed by atoms with van der Waals surface area (Å²) in [7, 11) is 0. The molecule has 0 aliphatic rings. The van der Waals surface area contributed by atoms with Crippen LogP contribution in [-0.2, 0) is 0 Å². The summed E-state index contributed by atoms with van der Waals surface area (Å²) in [6.45, 7) is 0. The Morgan fingerprint density at radius 2 is 1.63 bits per heavy atom. The summed E-state index contributed by atoms with van der Waals surface area (Å²) in [6.07, 6.45) is 0. The highest BCUT2D eigenvalue weighted by atomic mass is 19.1. The number of halogens is 4. The Bertz CT molecular complexity index is 780. The van der Waals surface area contributed by atoms with Crippen LogP contribution >= 0.6 is 0 Å².